The van der Waals surface area contributed by atoms with Crippen molar-refractivity contribution in [2.45, 2.75) is 52.2 Å². The smallest absolute Gasteiger partial charge is 0.328 e. The van der Waals surface area contributed by atoms with Gasteiger partial charge >= 0.3 is 6.03 Å². The molecule has 0 aromatic carbocycles. The third-order valence-corrected chi connectivity index (χ3v) is 5.79. The number of nitrogens with zero attached hydrogens (tertiary/aromatic N) is 6. The molecule has 0 N–H and O–H groups in total. The average Bonchev–Trinajstić information content (AvgIpc) is 3.43. The molecule has 0 aliphatic carbocycles. The number of piperidine rings is 1. The quantitative estimate of drug-likeness (QED) is 0.692. The lowest BCUT2D eigenvalue weighted by Crippen LogP contribution is -2.57. The molecule has 2 aliphatic rings. The number of aromatic nitrogens is 3. The fourth-order valence-electron chi connectivity index (χ4n) is 4.29. The standard InChI is InChI=1S/C20H28N6O3/c1-4-24-9-5-16(22-24)14-25-17(27)20(26(19(25)28)13-15(2)3)6-10-23(11-7-20)18-21-8-12-29-18/h5,8-9,12,15H,4,6-7,10-11,13-14H2,1-3H3. The van der Waals surface area contributed by atoms with E-state index < -0.39 is 5.54 Å². The summed E-state index contributed by atoms with van der Waals surface area (Å²) in [4.78, 5) is 36.2. The summed E-state index contributed by atoms with van der Waals surface area (Å²) in [5.41, 5.74) is -0.0649. The van der Waals surface area contributed by atoms with Gasteiger partial charge in [0, 0.05) is 32.4 Å². The van der Waals surface area contributed by atoms with Crippen LogP contribution in [0, 0.1) is 5.92 Å². The summed E-state index contributed by atoms with van der Waals surface area (Å²) in [6, 6.07) is 2.22. The first-order chi connectivity index (χ1) is 13.9. The molecule has 1 spiro atoms. The van der Waals surface area contributed by atoms with E-state index in [4.69, 9.17) is 4.42 Å². The maximum Gasteiger partial charge on any atom is 0.328 e. The van der Waals surface area contributed by atoms with Gasteiger partial charge in [0.15, 0.2) is 0 Å². The molecule has 9 nitrogen and oxygen atoms in total. The first kappa shape index (κ1) is 19.5. The maximum absolute atomic E-state index is 13.5. The predicted octanol–water partition coefficient (Wildman–Crippen LogP) is 2.35. The van der Waals surface area contributed by atoms with Gasteiger partial charge in [0.2, 0.25) is 0 Å². The molecule has 2 aliphatic heterocycles. The van der Waals surface area contributed by atoms with Crippen molar-refractivity contribution in [1.82, 2.24) is 24.6 Å². The van der Waals surface area contributed by atoms with Crippen LogP contribution in [0.25, 0.3) is 0 Å². The normalized spacial score (nSPS) is 19.2. The van der Waals surface area contributed by atoms with E-state index in [1.165, 1.54) is 4.90 Å². The fraction of sp³-hybridized carbons (Fsp3) is 0.600. The van der Waals surface area contributed by atoms with Crippen LogP contribution in [0.3, 0.4) is 0 Å². The largest absolute Gasteiger partial charge is 0.432 e. The highest BCUT2D eigenvalue weighted by molar-refractivity contribution is 6.07. The minimum absolute atomic E-state index is 0.110. The molecule has 9 heteroatoms. The Bertz CT molecular complexity index is 867. The average molecular weight is 400 g/mol. The lowest BCUT2D eigenvalue weighted by molar-refractivity contribution is -0.134. The second kappa shape index (κ2) is 7.53. The molecule has 0 radical (unpaired) electrons. The SMILES string of the molecule is CCn1ccc(CN2C(=O)N(CC(C)C)C3(CCN(c4ncco4)CC3)C2=O)n1. The number of carbonyl (C=O) groups excluding carboxylic acids is 2. The lowest BCUT2D eigenvalue weighted by Gasteiger charge is -2.42. The fourth-order valence-corrected chi connectivity index (χ4v) is 4.29. The number of anilines is 1. The van der Waals surface area contributed by atoms with E-state index in [1.54, 1.807) is 22.0 Å². The third-order valence-electron chi connectivity index (χ3n) is 5.79. The zero-order valence-electron chi connectivity index (χ0n) is 17.2. The van der Waals surface area contributed by atoms with Gasteiger partial charge in [0.05, 0.1) is 18.4 Å². The number of oxazole rings is 1. The number of hydrogen-bond donors (Lipinski definition) is 0. The van der Waals surface area contributed by atoms with Gasteiger partial charge in [0.25, 0.3) is 11.9 Å². The van der Waals surface area contributed by atoms with Crippen molar-refractivity contribution in [1.29, 1.82) is 0 Å². The van der Waals surface area contributed by atoms with E-state index in [1.807, 2.05) is 24.1 Å². The Morgan fingerprint density at radius 3 is 2.59 bits per heavy atom. The molecule has 2 fully saturated rings. The van der Waals surface area contributed by atoms with Crippen molar-refractivity contribution in [2.75, 3.05) is 24.5 Å². The topological polar surface area (TPSA) is 87.7 Å². The Morgan fingerprint density at radius 1 is 1.24 bits per heavy atom. The van der Waals surface area contributed by atoms with E-state index in [9.17, 15) is 9.59 Å². The molecule has 2 saturated heterocycles. The van der Waals surface area contributed by atoms with Crippen LogP contribution < -0.4 is 4.90 Å². The highest BCUT2D eigenvalue weighted by Gasteiger charge is 2.58. The first-order valence-corrected chi connectivity index (χ1v) is 10.2. The van der Waals surface area contributed by atoms with Crippen molar-refractivity contribution >= 4 is 18.0 Å². The van der Waals surface area contributed by atoms with E-state index in [0.29, 0.717) is 38.5 Å². The highest BCUT2D eigenvalue weighted by Crippen LogP contribution is 2.39. The van der Waals surface area contributed by atoms with Gasteiger partial charge in [-0.1, -0.05) is 13.8 Å². The minimum atomic E-state index is -0.794. The Hall–Kier alpha value is -2.84. The number of urea groups is 1. The Kier molecular flexibility index (Phi) is 5.06. The highest BCUT2D eigenvalue weighted by atomic mass is 16.4. The number of carbonyl (C=O) groups is 2. The molecule has 0 atom stereocenters. The predicted molar refractivity (Wildman–Crippen MR) is 106 cm³/mol. The van der Waals surface area contributed by atoms with E-state index in [0.717, 1.165) is 12.2 Å². The van der Waals surface area contributed by atoms with Crippen LogP contribution in [0.2, 0.25) is 0 Å². The molecule has 4 heterocycles. The maximum atomic E-state index is 13.5. The van der Waals surface area contributed by atoms with Gasteiger partial charge in [-0.2, -0.15) is 5.10 Å². The van der Waals surface area contributed by atoms with Crippen LogP contribution in [0.15, 0.2) is 29.1 Å². The number of imide groups is 1. The van der Waals surface area contributed by atoms with Gasteiger partial charge in [-0.15, -0.1) is 0 Å². The lowest BCUT2D eigenvalue weighted by atomic mass is 9.85. The van der Waals surface area contributed by atoms with Crippen molar-refractivity contribution in [3.05, 3.63) is 30.4 Å². The summed E-state index contributed by atoms with van der Waals surface area (Å²) in [6.45, 7) is 8.90. The van der Waals surface area contributed by atoms with Gasteiger partial charge in [-0.3, -0.25) is 14.4 Å². The van der Waals surface area contributed by atoms with Crippen LogP contribution in [0.4, 0.5) is 10.8 Å². The number of aryl methyl sites for hydroxylation is 1. The summed E-state index contributed by atoms with van der Waals surface area (Å²) in [5, 5.41) is 4.45. The van der Waals surface area contributed by atoms with Crippen LogP contribution in [0.1, 0.15) is 39.3 Å². The zero-order valence-corrected chi connectivity index (χ0v) is 17.2. The van der Waals surface area contributed by atoms with Gasteiger partial charge in [0.1, 0.15) is 11.8 Å². The van der Waals surface area contributed by atoms with Crippen molar-refractivity contribution in [3.63, 3.8) is 0 Å². The second-order valence-electron chi connectivity index (χ2n) is 8.17. The van der Waals surface area contributed by atoms with Crippen LogP contribution in [-0.2, 0) is 17.9 Å². The minimum Gasteiger partial charge on any atom is -0.432 e. The Morgan fingerprint density at radius 2 is 2.00 bits per heavy atom. The van der Waals surface area contributed by atoms with Gasteiger partial charge in [-0.25, -0.2) is 9.78 Å². The summed E-state index contributed by atoms with van der Waals surface area (Å²) >= 11 is 0. The van der Waals surface area contributed by atoms with Crippen molar-refractivity contribution in [3.8, 4) is 0 Å². The van der Waals surface area contributed by atoms with Crippen LogP contribution in [0.5, 0.6) is 0 Å². The number of rotatable bonds is 6. The first-order valence-electron chi connectivity index (χ1n) is 10.2. The summed E-state index contributed by atoms with van der Waals surface area (Å²) in [7, 11) is 0. The van der Waals surface area contributed by atoms with E-state index in [-0.39, 0.29) is 24.4 Å². The van der Waals surface area contributed by atoms with Crippen LogP contribution in [-0.4, -0.2) is 61.7 Å². The zero-order chi connectivity index (χ0) is 20.6. The third kappa shape index (κ3) is 3.38. The Labute approximate surface area is 170 Å². The van der Waals surface area contributed by atoms with E-state index >= 15 is 0 Å². The molecule has 29 heavy (non-hydrogen) atoms. The summed E-state index contributed by atoms with van der Waals surface area (Å²) in [6.07, 6.45) is 6.16. The molecule has 4 rings (SSSR count). The van der Waals surface area contributed by atoms with E-state index in [2.05, 4.69) is 23.9 Å². The number of amides is 3. The molecular weight excluding hydrogens is 372 g/mol. The number of hydrogen-bond acceptors (Lipinski definition) is 6. The van der Waals surface area contributed by atoms with Gasteiger partial charge in [-0.05, 0) is 31.7 Å². The molecule has 0 saturated carbocycles. The molecule has 2 aromatic heterocycles. The second-order valence-corrected chi connectivity index (χ2v) is 8.17. The van der Waals surface area contributed by atoms with Crippen molar-refractivity contribution < 1.29 is 14.0 Å². The molecule has 0 unspecified atom stereocenters. The molecule has 156 valence electrons. The van der Waals surface area contributed by atoms with Crippen molar-refractivity contribution in [2.24, 2.45) is 5.92 Å². The van der Waals surface area contributed by atoms with Crippen LogP contribution >= 0.6 is 0 Å². The molecule has 0 bridgehead atoms. The molecular formula is C20H28N6O3. The summed E-state index contributed by atoms with van der Waals surface area (Å²) in [5.74, 6) is 0.161. The van der Waals surface area contributed by atoms with Gasteiger partial charge < -0.3 is 14.2 Å². The molecule has 3 amide bonds. The monoisotopic (exact) mass is 400 g/mol. The molecule has 2 aromatic rings. The summed E-state index contributed by atoms with van der Waals surface area (Å²) < 4.78 is 7.21. The Balaban J connectivity index is 1.57.